The van der Waals surface area contributed by atoms with Gasteiger partial charge in [0.1, 0.15) is 0 Å². The van der Waals surface area contributed by atoms with Crippen molar-refractivity contribution >= 4 is 46.6 Å². The molecular weight excluding hydrogens is 423 g/mol. The first-order valence-electron chi connectivity index (χ1n) is 10.1. The number of benzene rings is 2. The Bertz CT molecular complexity index is 808. The average Bonchev–Trinajstić information content (AvgIpc) is 2.74. The molecule has 0 spiro atoms. The number of hydrogen-bond donors (Lipinski definition) is 4. The average molecular weight is 449 g/mol. The predicted octanol–water partition coefficient (Wildman–Crippen LogP) is 5.74. The lowest BCUT2D eigenvalue weighted by Crippen LogP contribution is -2.38. The van der Waals surface area contributed by atoms with Crippen LogP contribution in [0.1, 0.15) is 25.7 Å². The summed E-state index contributed by atoms with van der Waals surface area (Å²) in [5, 5.41) is 12.4. The molecule has 2 aromatic carbocycles. The highest BCUT2D eigenvalue weighted by atomic mass is 35.5. The summed E-state index contributed by atoms with van der Waals surface area (Å²) in [4.78, 5) is 24.3. The van der Waals surface area contributed by atoms with Crippen molar-refractivity contribution in [2.75, 3.05) is 23.7 Å². The summed E-state index contributed by atoms with van der Waals surface area (Å²) in [6.07, 6.45) is 4.17. The van der Waals surface area contributed by atoms with Gasteiger partial charge in [-0.2, -0.15) is 0 Å². The van der Waals surface area contributed by atoms with E-state index in [2.05, 4.69) is 21.3 Å². The van der Waals surface area contributed by atoms with Crippen LogP contribution in [0.3, 0.4) is 0 Å². The van der Waals surface area contributed by atoms with Crippen LogP contribution in [0.2, 0.25) is 10.0 Å². The van der Waals surface area contributed by atoms with E-state index in [1.807, 2.05) is 24.3 Å². The topological polar surface area (TPSA) is 82.3 Å². The fourth-order valence-corrected chi connectivity index (χ4v) is 4.07. The van der Waals surface area contributed by atoms with Crippen LogP contribution < -0.4 is 21.3 Å². The third-order valence-electron chi connectivity index (χ3n) is 5.24. The Labute approximate surface area is 186 Å². The first kappa shape index (κ1) is 22.2. The number of anilines is 2. The molecule has 4 amide bonds. The monoisotopic (exact) mass is 448 g/mol. The standard InChI is InChI=1S/C22H26Cl2N4O2/c23-17-8-1-3-10-19(17)27-21(29)25-13-15-6-5-7-16(12-15)14-26-22(30)28-20-11-4-2-9-18(20)24/h1-4,8-11,15-16H,5-7,12-14H2,(H2,25,27,29)(H2,26,28,30). The molecule has 0 aliphatic heterocycles. The maximum atomic E-state index is 12.1. The zero-order valence-corrected chi connectivity index (χ0v) is 18.1. The molecule has 0 radical (unpaired) electrons. The summed E-state index contributed by atoms with van der Waals surface area (Å²) in [5.41, 5.74) is 1.18. The zero-order chi connectivity index (χ0) is 21.3. The van der Waals surface area contributed by atoms with Gasteiger partial charge in [0.25, 0.3) is 0 Å². The van der Waals surface area contributed by atoms with Gasteiger partial charge in [-0.3, -0.25) is 0 Å². The molecular formula is C22H26Cl2N4O2. The predicted molar refractivity (Wildman–Crippen MR) is 122 cm³/mol. The van der Waals surface area contributed by atoms with Crippen molar-refractivity contribution in [2.24, 2.45) is 11.8 Å². The smallest absolute Gasteiger partial charge is 0.319 e. The van der Waals surface area contributed by atoms with E-state index in [1.54, 1.807) is 24.3 Å². The van der Waals surface area contributed by atoms with Crippen molar-refractivity contribution in [3.8, 4) is 0 Å². The molecule has 2 unspecified atom stereocenters. The summed E-state index contributed by atoms with van der Waals surface area (Å²) in [5.74, 6) is 0.767. The van der Waals surface area contributed by atoms with Gasteiger partial charge in [-0.15, -0.1) is 0 Å². The van der Waals surface area contributed by atoms with E-state index in [0.717, 1.165) is 25.7 Å². The molecule has 1 aliphatic carbocycles. The quantitative estimate of drug-likeness (QED) is 0.453. The number of amides is 4. The molecule has 2 aromatic rings. The molecule has 1 fully saturated rings. The highest BCUT2D eigenvalue weighted by Gasteiger charge is 2.23. The van der Waals surface area contributed by atoms with Crippen LogP contribution in [0.4, 0.5) is 21.0 Å². The minimum Gasteiger partial charge on any atom is -0.338 e. The highest BCUT2D eigenvalue weighted by Crippen LogP contribution is 2.28. The Hall–Kier alpha value is -2.44. The van der Waals surface area contributed by atoms with Crippen molar-refractivity contribution in [1.29, 1.82) is 0 Å². The lowest BCUT2D eigenvalue weighted by molar-refractivity contribution is 0.230. The SMILES string of the molecule is O=C(NCC1CCCC(CNC(=O)Nc2ccccc2Cl)C1)Nc1ccccc1Cl. The molecule has 0 heterocycles. The summed E-state index contributed by atoms with van der Waals surface area (Å²) in [6.45, 7) is 1.19. The largest absolute Gasteiger partial charge is 0.338 e. The number of hydrogen-bond acceptors (Lipinski definition) is 2. The van der Waals surface area contributed by atoms with Gasteiger partial charge >= 0.3 is 12.1 Å². The normalized spacial score (nSPS) is 18.3. The number of rotatable bonds is 6. The van der Waals surface area contributed by atoms with Crippen LogP contribution in [0.5, 0.6) is 0 Å². The number of nitrogens with one attached hydrogen (secondary N) is 4. The van der Waals surface area contributed by atoms with Gasteiger partial charge in [0.15, 0.2) is 0 Å². The van der Waals surface area contributed by atoms with Gasteiger partial charge in [0, 0.05) is 13.1 Å². The lowest BCUT2D eigenvalue weighted by atomic mass is 9.81. The molecule has 3 rings (SSSR count). The van der Waals surface area contributed by atoms with Crippen LogP contribution in [0.15, 0.2) is 48.5 Å². The van der Waals surface area contributed by atoms with Crippen molar-refractivity contribution in [3.63, 3.8) is 0 Å². The summed E-state index contributed by atoms with van der Waals surface area (Å²) >= 11 is 12.1. The van der Waals surface area contributed by atoms with E-state index >= 15 is 0 Å². The first-order chi connectivity index (χ1) is 14.5. The summed E-state index contributed by atoms with van der Waals surface area (Å²) in [6, 6.07) is 13.7. The van der Waals surface area contributed by atoms with E-state index < -0.39 is 0 Å². The van der Waals surface area contributed by atoms with Gasteiger partial charge in [-0.1, -0.05) is 53.9 Å². The van der Waals surface area contributed by atoms with Crippen LogP contribution in [0, 0.1) is 11.8 Å². The molecule has 0 bridgehead atoms. The summed E-state index contributed by atoms with van der Waals surface area (Å²) < 4.78 is 0. The van der Waals surface area contributed by atoms with Crippen LogP contribution in [-0.2, 0) is 0 Å². The molecule has 8 heteroatoms. The van der Waals surface area contributed by atoms with Crippen molar-refractivity contribution in [1.82, 2.24) is 10.6 Å². The Kier molecular flexibility index (Phi) is 8.22. The van der Waals surface area contributed by atoms with E-state index in [9.17, 15) is 9.59 Å². The fourth-order valence-electron chi connectivity index (χ4n) is 3.71. The Morgan fingerprint density at radius 1 is 0.767 bits per heavy atom. The van der Waals surface area contributed by atoms with Gasteiger partial charge in [-0.25, -0.2) is 9.59 Å². The number of halogens is 2. The minimum atomic E-state index is -0.262. The van der Waals surface area contributed by atoms with E-state index in [4.69, 9.17) is 23.2 Å². The van der Waals surface area contributed by atoms with Gasteiger partial charge in [0.05, 0.1) is 21.4 Å². The molecule has 30 heavy (non-hydrogen) atoms. The van der Waals surface area contributed by atoms with Crippen molar-refractivity contribution in [2.45, 2.75) is 25.7 Å². The maximum Gasteiger partial charge on any atom is 0.319 e. The molecule has 1 aliphatic rings. The Morgan fingerprint density at radius 3 is 1.63 bits per heavy atom. The van der Waals surface area contributed by atoms with Gasteiger partial charge in [-0.05, 0) is 55.4 Å². The molecule has 160 valence electrons. The number of urea groups is 2. The third kappa shape index (κ3) is 6.82. The lowest BCUT2D eigenvalue weighted by Gasteiger charge is -2.29. The molecule has 4 N–H and O–H groups in total. The Balaban J connectivity index is 1.38. The number of para-hydroxylation sites is 2. The molecule has 2 atom stereocenters. The van der Waals surface area contributed by atoms with Gasteiger partial charge < -0.3 is 21.3 Å². The van der Waals surface area contributed by atoms with Crippen LogP contribution in [0.25, 0.3) is 0 Å². The van der Waals surface area contributed by atoms with Crippen molar-refractivity contribution < 1.29 is 9.59 Å². The molecule has 1 saturated carbocycles. The second kappa shape index (κ2) is 11.1. The second-order valence-corrected chi connectivity index (χ2v) is 8.34. The fraction of sp³-hybridized carbons (Fsp3) is 0.364. The maximum absolute atomic E-state index is 12.1. The summed E-state index contributed by atoms with van der Waals surface area (Å²) in [7, 11) is 0. The number of carbonyl (C=O) groups excluding carboxylic acids is 2. The highest BCUT2D eigenvalue weighted by molar-refractivity contribution is 6.34. The van der Waals surface area contributed by atoms with Gasteiger partial charge in [0.2, 0.25) is 0 Å². The Morgan fingerprint density at radius 2 is 1.20 bits per heavy atom. The molecule has 6 nitrogen and oxygen atoms in total. The van der Waals surface area contributed by atoms with Crippen molar-refractivity contribution in [3.05, 3.63) is 58.6 Å². The minimum absolute atomic E-state index is 0.262. The van der Waals surface area contributed by atoms with E-state index in [-0.39, 0.29) is 12.1 Å². The third-order valence-corrected chi connectivity index (χ3v) is 5.90. The van der Waals surface area contributed by atoms with E-state index in [0.29, 0.717) is 46.3 Å². The first-order valence-corrected chi connectivity index (χ1v) is 10.9. The van der Waals surface area contributed by atoms with Crippen LogP contribution in [-0.4, -0.2) is 25.2 Å². The number of carbonyl (C=O) groups is 2. The zero-order valence-electron chi connectivity index (χ0n) is 16.6. The second-order valence-electron chi connectivity index (χ2n) is 7.53. The molecule has 0 aromatic heterocycles. The van der Waals surface area contributed by atoms with Crippen LogP contribution >= 0.6 is 23.2 Å². The van der Waals surface area contributed by atoms with E-state index in [1.165, 1.54) is 0 Å². The molecule has 0 saturated heterocycles.